The van der Waals surface area contributed by atoms with E-state index in [1.165, 1.54) is 0 Å². The average Bonchev–Trinajstić information content (AvgIpc) is 2.47. The van der Waals surface area contributed by atoms with Crippen molar-refractivity contribution in [2.24, 2.45) is 0 Å². The van der Waals surface area contributed by atoms with Gasteiger partial charge in [0.1, 0.15) is 23.9 Å². The predicted octanol–water partition coefficient (Wildman–Crippen LogP) is 3.43. The Balaban J connectivity index is 1.88. The van der Waals surface area contributed by atoms with E-state index in [1.54, 1.807) is 0 Å². The van der Waals surface area contributed by atoms with Crippen LogP contribution in [0.4, 0.5) is 0 Å². The molecule has 2 aromatic rings. The van der Waals surface area contributed by atoms with E-state index in [0.29, 0.717) is 6.61 Å². The van der Waals surface area contributed by atoms with E-state index >= 15 is 0 Å². The van der Waals surface area contributed by atoms with E-state index in [4.69, 9.17) is 9.47 Å². The third kappa shape index (κ3) is 2.40. The molecular formula is C16H15NO2. The van der Waals surface area contributed by atoms with E-state index in [0.717, 1.165) is 28.5 Å². The van der Waals surface area contributed by atoms with Crippen molar-refractivity contribution in [1.29, 1.82) is 0 Å². The summed E-state index contributed by atoms with van der Waals surface area (Å²) in [4.78, 5) is 0. The zero-order valence-electron chi connectivity index (χ0n) is 10.7. The van der Waals surface area contributed by atoms with Gasteiger partial charge in [0.15, 0.2) is 0 Å². The lowest BCUT2D eigenvalue weighted by Crippen LogP contribution is -2.13. The van der Waals surface area contributed by atoms with Crippen molar-refractivity contribution in [2.45, 2.75) is 0 Å². The molecule has 19 heavy (non-hydrogen) atoms. The van der Waals surface area contributed by atoms with Gasteiger partial charge in [0.2, 0.25) is 0 Å². The van der Waals surface area contributed by atoms with Crippen molar-refractivity contribution in [2.75, 3.05) is 13.7 Å². The van der Waals surface area contributed by atoms with Crippen LogP contribution in [0.1, 0.15) is 5.56 Å². The first-order chi connectivity index (χ1) is 9.36. The maximum absolute atomic E-state index is 5.79. The Labute approximate surface area is 112 Å². The highest BCUT2D eigenvalue weighted by molar-refractivity contribution is 5.71. The maximum Gasteiger partial charge on any atom is 0.132 e. The maximum atomic E-state index is 5.79. The Bertz CT molecular complexity index is 605. The number of para-hydroxylation sites is 1. The summed E-state index contributed by atoms with van der Waals surface area (Å²) < 4.78 is 11.4. The summed E-state index contributed by atoms with van der Waals surface area (Å²) >= 11 is 0. The van der Waals surface area contributed by atoms with Crippen LogP contribution < -0.4 is 14.8 Å². The first-order valence-corrected chi connectivity index (χ1v) is 6.25. The van der Waals surface area contributed by atoms with Crippen LogP contribution in [-0.4, -0.2) is 13.7 Å². The first kappa shape index (κ1) is 11.7. The average molecular weight is 253 g/mol. The molecule has 0 unspecified atom stereocenters. The number of nitrogens with one attached hydrogen (secondary N) is 1. The minimum atomic E-state index is 0.581. The van der Waals surface area contributed by atoms with E-state index in [1.807, 2.05) is 61.7 Å². The molecule has 0 aromatic heterocycles. The zero-order valence-corrected chi connectivity index (χ0v) is 10.7. The lowest BCUT2D eigenvalue weighted by Gasteiger charge is -2.19. The fourth-order valence-corrected chi connectivity index (χ4v) is 2.09. The van der Waals surface area contributed by atoms with Gasteiger partial charge in [-0.1, -0.05) is 18.2 Å². The van der Waals surface area contributed by atoms with Crippen molar-refractivity contribution in [3.05, 3.63) is 60.2 Å². The van der Waals surface area contributed by atoms with Crippen molar-refractivity contribution >= 4 is 5.70 Å². The highest BCUT2D eigenvalue weighted by Crippen LogP contribution is 2.33. The lowest BCUT2D eigenvalue weighted by molar-refractivity contribution is 0.353. The van der Waals surface area contributed by atoms with Crippen LogP contribution >= 0.6 is 0 Å². The van der Waals surface area contributed by atoms with Gasteiger partial charge < -0.3 is 14.8 Å². The molecule has 2 aromatic carbocycles. The second-order valence-corrected chi connectivity index (χ2v) is 4.25. The quantitative estimate of drug-likeness (QED) is 0.909. The highest BCUT2D eigenvalue weighted by atomic mass is 16.5. The van der Waals surface area contributed by atoms with E-state index in [2.05, 4.69) is 5.32 Å². The summed E-state index contributed by atoms with van der Waals surface area (Å²) in [7, 11) is 1.91. The fraction of sp³-hybridized carbons (Fsp3) is 0.125. The van der Waals surface area contributed by atoms with Crippen molar-refractivity contribution < 1.29 is 9.47 Å². The number of ether oxygens (including phenoxy) is 2. The van der Waals surface area contributed by atoms with Gasteiger partial charge in [0.25, 0.3) is 0 Å². The van der Waals surface area contributed by atoms with Gasteiger partial charge in [-0.05, 0) is 30.3 Å². The molecule has 1 heterocycles. The third-order valence-corrected chi connectivity index (χ3v) is 3.02. The van der Waals surface area contributed by atoms with Gasteiger partial charge in [-0.25, -0.2) is 0 Å². The molecule has 0 spiro atoms. The molecule has 0 atom stereocenters. The molecule has 96 valence electrons. The van der Waals surface area contributed by atoms with Crippen molar-refractivity contribution in [3.8, 4) is 17.2 Å². The van der Waals surface area contributed by atoms with Gasteiger partial charge in [-0.15, -0.1) is 0 Å². The zero-order chi connectivity index (χ0) is 13.1. The van der Waals surface area contributed by atoms with Crippen LogP contribution in [0.15, 0.2) is 54.6 Å². The SMILES string of the molecule is CNC1=CCOc2cc(Oc3ccccc3)ccc21. The Morgan fingerprint density at radius 2 is 1.89 bits per heavy atom. The van der Waals surface area contributed by atoms with Gasteiger partial charge in [-0.3, -0.25) is 0 Å². The summed E-state index contributed by atoms with van der Waals surface area (Å²) in [6, 6.07) is 15.6. The van der Waals surface area contributed by atoms with Gasteiger partial charge in [0.05, 0.1) is 0 Å². The van der Waals surface area contributed by atoms with E-state index in [9.17, 15) is 0 Å². The minimum absolute atomic E-state index is 0.581. The molecule has 3 heteroatoms. The summed E-state index contributed by atoms with van der Waals surface area (Å²) in [6.07, 6.45) is 2.03. The summed E-state index contributed by atoms with van der Waals surface area (Å²) in [5, 5.41) is 3.17. The number of rotatable bonds is 3. The minimum Gasteiger partial charge on any atom is -0.489 e. The Morgan fingerprint density at radius 1 is 1.05 bits per heavy atom. The number of benzene rings is 2. The first-order valence-electron chi connectivity index (χ1n) is 6.25. The molecule has 0 radical (unpaired) electrons. The van der Waals surface area contributed by atoms with Crippen LogP contribution in [0.25, 0.3) is 5.70 Å². The van der Waals surface area contributed by atoms with E-state index < -0.39 is 0 Å². The number of hydrogen-bond donors (Lipinski definition) is 1. The van der Waals surface area contributed by atoms with Crippen LogP contribution in [0.2, 0.25) is 0 Å². The molecule has 0 saturated carbocycles. The standard InChI is InChI=1S/C16H15NO2/c1-17-15-9-10-18-16-11-13(7-8-14(15)16)19-12-5-3-2-4-6-12/h2-9,11,17H,10H2,1H3. The molecule has 0 saturated heterocycles. The molecule has 3 rings (SSSR count). The molecule has 1 aliphatic rings. The van der Waals surface area contributed by atoms with Gasteiger partial charge in [-0.2, -0.15) is 0 Å². The molecule has 0 fully saturated rings. The van der Waals surface area contributed by atoms with Gasteiger partial charge >= 0.3 is 0 Å². The molecule has 1 aliphatic heterocycles. The molecule has 0 aliphatic carbocycles. The largest absolute Gasteiger partial charge is 0.489 e. The predicted molar refractivity (Wildman–Crippen MR) is 75.5 cm³/mol. The summed E-state index contributed by atoms with van der Waals surface area (Å²) in [5.74, 6) is 2.45. The second-order valence-electron chi connectivity index (χ2n) is 4.25. The Hall–Kier alpha value is -2.42. The topological polar surface area (TPSA) is 30.5 Å². The van der Waals surface area contributed by atoms with Crippen molar-refractivity contribution in [1.82, 2.24) is 5.32 Å². The summed E-state index contributed by atoms with van der Waals surface area (Å²) in [5.41, 5.74) is 2.15. The Kier molecular flexibility index (Phi) is 3.11. The van der Waals surface area contributed by atoms with Crippen LogP contribution in [-0.2, 0) is 0 Å². The molecule has 1 N–H and O–H groups in total. The van der Waals surface area contributed by atoms with E-state index in [-0.39, 0.29) is 0 Å². The van der Waals surface area contributed by atoms with Crippen LogP contribution in [0.3, 0.4) is 0 Å². The molecule has 0 amide bonds. The van der Waals surface area contributed by atoms with Gasteiger partial charge in [0, 0.05) is 24.4 Å². The smallest absolute Gasteiger partial charge is 0.132 e. The molecule has 0 bridgehead atoms. The van der Waals surface area contributed by atoms with Crippen LogP contribution in [0, 0.1) is 0 Å². The summed E-state index contributed by atoms with van der Waals surface area (Å²) in [6.45, 7) is 0.581. The fourth-order valence-electron chi connectivity index (χ4n) is 2.09. The number of fused-ring (bicyclic) bond motifs is 1. The molecular weight excluding hydrogens is 238 g/mol. The normalized spacial score (nSPS) is 13.0. The van der Waals surface area contributed by atoms with Crippen molar-refractivity contribution in [3.63, 3.8) is 0 Å². The highest BCUT2D eigenvalue weighted by Gasteiger charge is 2.13. The second kappa shape index (κ2) is 5.06. The Morgan fingerprint density at radius 3 is 2.68 bits per heavy atom. The molecule has 3 nitrogen and oxygen atoms in total. The number of hydrogen-bond acceptors (Lipinski definition) is 3. The van der Waals surface area contributed by atoms with Crippen LogP contribution in [0.5, 0.6) is 17.2 Å². The monoisotopic (exact) mass is 253 g/mol. The third-order valence-electron chi connectivity index (χ3n) is 3.02. The lowest BCUT2D eigenvalue weighted by atomic mass is 10.1.